The van der Waals surface area contributed by atoms with E-state index in [-0.39, 0.29) is 0 Å². The highest BCUT2D eigenvalue weighted by Crippen LogP contribution is 2.16. The predicted molar refractivity (Wildman–Crippen MR) is 110 cm³/mol. The van der Waals surface area contributed by atoms with E-state index >= 15 is 0 Å². The second-order valence-corrected chi connectivity index (χ2v) is 7.22. The number of pyridine rings is 1. The number of aliphatic imine (C=N–C) groups is 1. The molecule has 2 aromatic rings. The van der Waals surface area contributed by atoms with Gasteiger partial charge < -0.3 is 15.5 Å². The highest BCUT2D eigenvalue weighted by atomic mass is 15.2. The molecule has 1 fully saturated rings. The summed E-state index contributed by atoms with van der Waals surface area (Å²) in [4.78, 5) is 7.34. The Balaban J connectivity index is 1.43. The molecule has 0 spiro atoms. The quantitative estimate of drug-likeness (QED) is 0.422. The maximum absolute atomic E-state index is 4.73. The number of fused-ring (bicyclic) bond motifs is 1. The molecule has 3 heterocycles. The smallest absolute Gasteiger partial charge is 0.191 e. The van der Waals surface area contributed by atoms with Crippen LogP contribution in [0.4, 0.5) is 0 Å². The molecule has 7 heteroatoms. The van der Waals surface area contributed by atoms with Crippen molar-refractivity contribution < 1.29 is 0 Å². The minimum atomic E-state index is 0.729. The van der Waals surface area contributed by atoms with Gasteiger partial charge in [0.2, 0.25) is 0 Å². The van der Waals surface area contributed by atoms with Gasteiger partial charge in [0.15, 0.2) is 11.6 Å². The lowest BCUT2D eigenvalue weighted by Crippen LogP contribution is -2.39. The van der Waals surface area contributed by atoms with Crippen LogP contribution in [-0.4, -0.2) is 64.2 Å². The van der Waals surface area contributed by atoms with E-state index in [4.69, 9.17) is 4.99 Å². The van der Waals surface area contributed by atoms with E-state index in [1.807, 2.05) is 28.8 Å². The van der Waals surface area contributed by atoms with E-state index in [0.717, 1.165) is 62.5 Å². The number of nitrogens with one attached hydrogen (secondary N) is 2. The SMILES string of the molecule is CCNC(=NCCCN1CCCCC1C)NCCc1nnc2ccccn12. The van der Waals surface area contributed by atoms with E-state index in [1.54, 1.807) is 0 Å². The van der Waals surface area contributed by atoms with Gasteiger partial charge in [-0.1, -0.05) is 12.5 Å². The topological polar surface area (TPSA) is 69.8 Å². The van der Waals surface area contributed by atoms with Crippen LogP contribution in [0.3, 0.4) is 0 Å². The minimum Gasteiger partial charge on any atom is -0.357 e. The maximum atomic E-state index is 4.73. The molecule has 3 rings (SSSR count). The van der Waals surface area contributed by atoms with E-state index in [9.17, 15) is 0 Å². The summed E-state index contributed by atoms with van der Waals surface area (Å²) in [6.07, 6.45) is 7.98. The van der Waals surface area contributed by atoms with Crippen LogP contribution in [0.1, 0.15) is 45.4 Å². The van der Waals surface area contributed by atoms with Gasteiger partial charge in [-0.25, -0.2) is 0 Å². The molecule has 1 atom stereocenters. The van der Waals surface area contributed by atoms with Crippen molar-refractivity contribution in [2.24, 2.45) is 4.99 Å². The zero-order valence-electron chi connectivity index (χ0n) is 16.7. The first-order valence-electron chi connectivity index (χ1n) is 10.3. The van der Waals surface area contributed by atoms with E-state index in [1.165, 1.54) is 25.8 Å². The standard InChI is InChI=1S/C20H33N7/c1-3-21-20(22-12-8-15-26-14-6-4-9-17(26)2)23-13-11-19-25-24-18-10-5-7-16-27(18)19/h5,7,10,16-17H,3-4,6,8-9,11-15H2,1-2H3,(H2,21,22,23). The molecular weight excluding hydrogens is 338 g/mol. The van der Waals surface area contributed by atoms with Crippen LogP contribution >= 0.6 is 0 Å². The van der Waals surface area contributed by atoms with Crippen molar-refractivity contribution in [3.63, 3.8) is 0 Å². The number of rotatable bonds is 8. The molecule has 0 aliphatic carbocycles. The number of nitrogens with zero attached hydrogens (tertiary/aromatic N) is 5. The van der Waals surface area contributed by atoms with Crippen molar-refractivity contribution in [1.29, 1.82) is 0 Å². The fourth-order valence-corrected chi connectivity index (χ4v) is 3.65. The van der Waals surface area contributed by atoms with Crippen LogP contribution in [0.25, 0.3) is 5.65 Å². The van der Waals surface area contributed by atoms with Crippen LogP contribution in [0.15, 0.2) is 29.4 Å². The number of hydrogen-bond donors (Lipinski definition) is 2. The van der Waals surface area contributed by atoms with Crippen LogP contribution in [-0.2, 0) is 6.42 Å². The van der Waals surface area contributed by atoms with Gasteiger partial charge in [-0.2, -0.15) is 0 Å². The van der Waals surface area contributed by atoms with Gasteiger partial charge >= 0.3 is 0 Å². The lowest BCUT2D eigenvalue weighted by Gasteiger charge is -2.33. The summed E-state index contributed by atoms with van der Waals surface area (Å²) in [5, 5.41) is 15.2. The lowest BCUT2D eigenvalue weighted by molar-refractivity contribution is 0.160. The Morgan fingerprint density at radius 2 is 2.19 bits per heavy atom. The second kappa shape index (κ2) is 10.3. The van der Waals surface area contributed by atoms with Crippen molar-refractivity contribution in [1.82, 2.24) is 30.1 Å². The van der Waals surface area contributed by atoms with E-state index in [2.05, 4.69) is 39.6 Å². The van der Waals surface area contributed by atoms with Crippen molar-refractivity contribution in [3.05, 3.63) is 30.2 Å². The van der Waals surface area contributed by atoms with Gasteiger partial charge in [-0.3, -0.25) is 9.39 Å². The van der Waals surface area contributed by atoms with E-state index < -0.39 is 0 Å². The zero-order chi connectivity index (χ0) is 18.9. The zero-order valence-corrected chi connectivity index (χ0v) is 16.7. The van der Waals surface area contributed by atoms with Crippen LogP contribution in [0, 0.1) is 0 Å². The van der Waals surface area contributed by atoms with Crippen molar-refractivity contribution in [2.45, 2.75) is 52.0 Å². The largest absolute Gasteiger partial charge is 0.357 e. The Morgan fingerprint density at radius 3 is 3.04 bits per heavy atom. The predicted octanol–water partition coefficient (Wildman–Crippen LogP) is 2.09. The maximum Gasteiger partial charge on any atom is 0.191 e. The molecule has 0 radical (unpaired) electrons. The third-order valence-electron chi connectivity index (χ3n) is 5.18. The first-order chi connectivity index (χ1) is 13.3. The number of likely N-dealkylation sites (tertiary alicyclic amines) is 1. The molecule has 1 aliphatic heterocycles. The molecule has 0 amide bonds. The van der Waals surface area contributed by atoms with Gasteiger partial charge in [-0.05, 0) is 51.8 Å². The monoisotopic (exact) mass is 371 g/mol. The second-order valence-electron chi connectivity index (χ2n) is 7.22. The van der Waals surface area contributed by atoms with Crippen molar-refractivity contribution in [2.75, 3.05) is 32.7 Å². The van der Waals surface area contributed by atoms with Gasteiger partial charge in [-0.15, -0.1) is 10.2 Å². The van der Waals surface area contributed by atoms with Crippen molar-refractivity contribution >= 4 is 11.6 Å². The summed E-state index contributed by atoms with van der Waals surface area (Å²) >= 11 is 0. The fourth-order valence-electron chi connectivity index (χ4n) is 3.65. The van der Waals surface area contributed by atoms with Crippen LogP contribution in [0.2, 0.25) is 0 Å². The molecular formula is C20H33N7. The summed E-state index contributed by atoms with van der Waals surface area (Å²) in [5.41, 5.74) is 0.889. The average Bonchev–Trinajstić information content (AvgIpc) is 3.10. The number of aromatic nitrogens is 3. The summed E-state index contributed by atoms with van der Waals surface area (Å²) in [6.45, 7) is 9.34. The minimum absolute atomic E-state index is 0.729. The Labute approximate surface area is 162 Å². The molecule has 0 saturated carbocycles. The highest BCUT2D eigenvalue weighted by Gasteiger charge is 2.17. The lowest BCUT2D eigenvalue weighted by atomic mass is 10.0. The Bertz CT molecular complexity index is 724. The molecule has 0 bridgehead atoms. The Kier molecular flexibility index (Phi) is 7.45. The van der Waals surface area contributed by atoms with Crippen LogP contribution in [0.5, 0.6) is 0 Å². The van der Waals surface area contributed by atoms with Gasteiger partial charge in [0.05, 0.1) is 0 Å². The Morgan fingerprint density at radius 1 is 1.26 bits per heavy atom. The molecule has 0 aromatic carbocycles. The molecule has 1 unspecified atom stereocenters. The third-order valence-corrected chi connectivity index (χ3v) is 5.18. The first-order valence-corrected chi connectivity index (χ1v) is 10.3. The summed E-state index contributed by atoms with van der Waals surface area (Å²) < 4.78 is 2.03. The van der Waals surface area contributed by atoms with Gasteiger partial charge in [0, 0.05) is 44.8 Å². The number of hydrogen-bond acceptors (Lipinski definition) is 4. The molecule has 148 valence electrons. The number of guanidine groups is 1. The normalized spacial score (nSPS) is 18.7. The molecule has 2 aromatic heterocycles. The fraction of sp³-hybridized carbons (Fsp3) is 0.650. The van der Waals surface area contributed by atoms with Crippen LogP contribution < -0.4 is 10.6 Å². The summed E-state index contributed by atoms with van der Waals surface area (Å²) in [6, 6.07) is 6.68. The first kappa shape index (κ1) is 19.6. The van der Waals surface area contributed by atoms with Gasteiger partial charge in [0.1, 0.15) is 5.82 Å². The van der Waals surface area contributed by atoms with Gasteiger partial charge in [0.25, 0.3) is 0 Å². The molecule has 7 nitrogen and oxygen atoms in total. The summed E-state index contributed by atoms with van der Waals surface area (Å²) in [7, 11) is 0. The summed E-state index contributed by atoms with van der Waals surface area (Å²) in [5.74, 6) is 1.85. The molecule has 1 aliphatic rings. The third kappa shape index (κ3) is 5.66. The van der Waals surface area contributed by atoms with E-state index in [0.29, 0.717) is 0 Å². The molecule has 27 heavy (non-hydrogen) atoms. The average molecular weight is 372 g/mol. The van der Waals surface area contributed by atoms with Crippen molar-refractivity contribution in [3.8, 4) is 0 Å². The molecule has 2 N–H and O–H groups in total. The Hall–Kier alpha value is -2.15. The molecule has 1 saturated heterocycles. The number of piperidine rings is 1. The highest BCUT2D eigenvalue weighted by molar-refractivity contribution is 5.79.